The molecule has 0 aliphatic carbocycles. The third kappa shape index (κ3) is 3.85. The normalized spacial score (nSPS) is 24.7. The zero-order valence-corrected chi connectivity index (χ0v) is 21.1. The topological polar surface area (TPSA) is 66.4 Å². The van der Waals surface area contributed by atoms with Crippen molar-refractivity contribution in [1.29, 1.82) is 0 Å². The van der Waals surface area contributed by atoms with Crippen molar-refractivity contribution in [3.8, 4) is 17.3 Å². The minimum atomic E-state index is -0.570. The number of hydrogen-bond acceptors (Lipinski definition) is 7. The molecule has 0 amide bonds. The van der Waals surface area contributed by atoms with E-state index in [4.69, 9.17) is 9.72 Å². The van der Waals surface area contributed by atoms with Crippen molar-refractivity contribution in [1.82, 2.24) is 25.2 Å². The summed E-state index contributed by atoms with van der Waals surface area (Å²) in [7, 11) is 0. The van der Waals surface area contributed by atoms with Crippen LogP contribution in [0.1, 0.15) is 44.1 Å². The summed E-state index contributed by atoms with van der Waals surface area (Å²) in [4.78, 5) is 18.6. The van der Waals surface area contributed by atoms with Gasteiger partial charge in [0.05, 0.1) is 10.9 Å². The molecule has 4 aliphatic rings. The molecule has 7 nitrogen and oxygen atoms in total. The van der Waals surface area contributed by atoms with Crippen LogP contribution in [-0.4, -0.2) is 70.3 Å². The van der Waals surface area contributed by atoms with Crippen molar-refractivity contribution in [2.45, 2.75) is 63.1 Å². The first-order valence-corrected chi connectivity index (χ1v) is 13.5. The van der Waals surface area contributed by atoms with Gasteiger partial charge in [-0.1, -0.05) is 12.1 Å². The Labute approximate surface area is 215 Å². The number of nitrogens with zero attached hydrogens (tertiary/aromatic N) is 5. The summed E-state index contributed by atoms with van der Waals surface area (Å²) < 4.78 is 36.7. The minimum Gasteiger partial charge on any atom is -0.461 e. The third-order valence-corrected chi connectivity index (χ3v) is 8.96. The summed E-state index contributed by atoms with van der Waals surface area (Å²) in [6, 6.07) is 5.63. The molecule has 4 aliphatic heterocycles. The van der Waals surface area contributed by atoms with Crippen LogP contribution in [0.15, 0.2) is 24.4 Å². The number of fused-ring (bicyclic) bond motifs is 4. The summed E-state index contributed by atoms with van der Waals surface area (Å²) in [6.45, 7) is 5.95. The molecular weight excluding hydrogens is 474 g/mol. The number of piperazine rings is 1. The fraction of sp³-hybridized carbons (Fsp3) is 0.536. The summed E-state index contributed by atoms with van der Waals surface area (Å²) in [6.07, 6.45) is 8.45. The van der Waals surface area contributed by atoms with Crippen molar-refractivity contribution in [3.63, 3.8) is 0 Å². The Balaban J connectivity index is 1.32. The molecule has 0 saturated carbocycles. The average molecular weight is 507 g/mol. The largest absolute Gasteiger partial charge is 0.461 e. The number of pyridine rings is 1. The van der Waals surface area contributed by atoms with Crippen molar-refractivity contribution >= 4 is 16.7 Å². The SMILES string of the molecule is Cc1c(F)cccc1-c1ncc2c(N3C[C@H]4CC[C@@H](C3)N4)nc(OCC34CCCN3CCC4)nc2c1F. The van der Waals surface area contributed by atoms with Crippen LogP contribution in [-0.2, 0) is 0 Å². The molecule has 6 heterocycles. The first-order chi connectivity index (χ1) is 18.0. The number of ether oxygens (including phenoxy) is 1. The molecular formula is C28H32F2N6O. The molecule has 4 saturated heterocycles. The predicted molar refractivity (Wildman–Crippen MR) is 138 cm³/mol. The van der Waals surface area contributed by atoms with Gasteiger partial charge in [-0.3, -0.25) is 9.88 Å². The van der Waals surface area contributed by atoms with E-state index in [9.17, 15) is 4.39 Å². The molecule has 37 heavy (non-hydrogen) atoms. The van der Waals surface area contributed by atoms with Gasteiger partial charge in [-0.2, -0.15) is 9.97 Å². The number of hydrogen-bond donors (Lipinski definition) is 1. The smallest absolute Gasteiger partial charge is 0.319 e. The van der Waals surface area contributed by atoms with Gasteiger partial charge in [0.15, 0.2) is 5.82 Å². The summed E-state index contributed by atoms with van der Waals surface area (Å²) in [5.41, 5.74) is 1.09. The lowest BCUT2D eigenvalue weighted by Crippen LogP contribution is -2.51. The highest BCUT2D eigenvalue weighted by Gasteiger charge is 2.45. The molecule has 9 heteroatoms. The van der Waals surface area contributed by atoms with Gasteiger partial charge in [0.1, 0.15) is 29.5 Å². The molecule has 7 rings (SSSR count). The Kier molecular flexibility index (Phi) is 5.55. The van der Waals surface area contributed by atoms with E-state index >= 15 is 4.39 Å². The number of nitrogens with one attached hydrogen (secondary N) is 1. The second-order valence-corrected chi connectivity index (χ2v) is 11.2. The molecule has 0 unspecified atom stereocenters. The Morgan fingerprint density at radius 2 is 1.84 bits per heavy atom. The Hall–Kier alpha value is -2.91. The highest BCUT2D eigenvalue weighted by atomic mass is 19.1. The van der Waals surface area contributed by atoms with Crippen LogP contribution in [0.25, 0.3) is 22.2 Å². The monoisotopic (exact) mass is 506 g/mol. The third-order valence-electron chi connectivity index (χ3n) is 8.96. The van der Waals surface area contributed by atoms with Gasteiger partial charge in [0.25, 0.3) is 0 Å². The van der Waals surface area contributed by atoms with Gasteiger partial charge in [0.2, 0.25) is 0 Å². The van der Waals surface area contributed by atoms with Gasteiger partial charge in [0, 0.05) is 36.9 Å². The molecule has 2 aromatic heterocycles. The van der Waals surface area contributed by atoms with E-state index < -0.39 is 5.82 Å². The van der Waals surface area contributed by atoms with Crippen LogP contribution in [0, 0.1) is 18.6 Å². The molecule has 4 fully saturated rings. The molecule has 2 atom stereocenters. The number of halogens is 2. The van der Waals surface area contributed by atoms with Crippen LogP contribution in [0.2, 0.25) is 0 Å². The van der Waals surface area contributed by atoms with Gasteiger partial charge >= 0.3 is 6.01 Å². The molecule has 0 radical (unpaired) electrons. The highest BCUT2D eigenvalue weighted by molar-refractivity contribution is 5.92. The summed E-state index contributed by atoms with van der Waals surface area (Å²) in [5.74, 6) is -0.293. The number of rotatable bonds is 5. The van der Waals surface area contributed by atoms with E-state index in [0.717, 1.165) is 51.9 Å². The zero-order chi connectivity index (χ0) is 25.1. The van der Waals surface area contributed by atoms with E-state index in [1.807, 2.05) is 0 Å². The molecule has 0 spiro atoms. The molecule has 1 aromatic carbocycles. The van der Waals surface area contributed by atoms with Crippen LogP contribution >= 0.6 is 0 Å². The van der Waals surface area contributed by atoms with E-state index in [1.54, 1.807) is 25.3 Å². The second-order valence-electron chi connectivity index (χ2n) is 11.2. The first-order valence-electron chi connectivity index (χ1n) is 13.5. The molecule has 1 N–H and O–H groups in total. The number of benzene rings is 1. The van der Waals surface area contributed by atoms with Gasteiger partial charge in [-0.15, -0.1) is 0 Å². The van der Waals surface area contributed by atoms with Gasteiger partial charge in [-0.25, -0.2) is 8.78 Å². The lowest BCUT2D eigenvalue weighted by atomic mass is 9.95. The second kappa shape index (κ2) is 8.84. The fourth-order valence-corrected chi connectivity index (χ4v) is 7.01. The van der Waals surface area contributed by atoms with E-state index in [0.29, 0.717) is 41.0 Å². The van der Waals surface area contributed by atoms with E-state index in [2.05, 4.69) is 25.1 Å². The Bertz CT molecular complexity index is 1340. The van der Waals surface area contributed by atoms with Crippen molar-refractivity contribution < 1.29 is 13.5 Å². The quantitative estimate of drug-likeness (QED) is 0.556. The Morgan fingerprint density at radius 3 is 2.59 bits per heavy atom. The summed E-state index contributed by atoms with van der Waals surface area (Å²) in [5, 5.41) is 4.21. The standard InChI is InChI=1S/C28H32F2N6O/c1-17-20(5-2-6-22(17)29)24-23(30)25-21(13-31-24)26(35-14-18-7-8-19(15-35)32-18)34-27(33-25)37-16-28-9-3-11-36(28)12-4-10-28/h2,5-6,13,18-19,32H,3-4,7-12,14-16H2,1H3/t18-,19+. The maximum absolute atomic E-state index is 16.1. The zero-order valence-electron chi connectivity index (χ0n) is 21.1. The average Bonchev–Trinajstić information content (AvgIpc) is 3.58. The molecule has 194 valence electrons. The first kappa shape index (κ1) is 23.2. The van der Waals surface area contributed by atoms with Crippen LogP contribution < -0.4 is 15.0 Å². The van der Waals surface area contributed by atoms with Crippen molar-refractivity contribution in [3.05, 3.63) is 41.6 Å². The van der Waals surface area contributed by atoms with Crippen LogP contribution in [0.5, 0.6) is 6.01 Å². The lowest BCUT2D eigenvalue weighted by Gasteiger charge is -2.34. The van der Waals surface area contributed by atoms with E-state index in [1.165, 1.54) is 18.9 Å². The number of anilines is 1. The predicted octanol–water partition coefficient (Wildman–Crippen LogP) is 4.23. The molecule has 3 aromatic rings. The van der Waals surface area contributed by atoms with Gasteiger partial charge in [-0.05, 0) is 70.2 Å². The fourth-order valence-electron chi connectivity index (χ4n) is 7.01. The Morgan fingerprint density at radius 1 is 1.08 bits per heavy atom. The molecule has 2 bridgehead atoms. The van der Waals surface area contributed by atoms with Crippen LogP contribution in [0.3, 0.4) is 0 Å². The van der Waals surface area contributed by atoms with Crippen LogP contribution in [0.4, 0.5) is 14.6 Å². The van der Waals surface area contributed by atoms with Gasteiger partial charge < -0.3 is 15.0 Å². The van der Waals surface area contributed by atoms with Crippen molar-refractivity contribution in [2.75, 3.05) is 37.7 Å². The summed E-state index contributed by atoms with van der Waals surface area (Å²) >= 11 is 0. The lowest BCUT2D eigenvalue weighted by molar-refractivity contribution is 0.108. The number of aromatic nitrogens is 3. The highest BCUT2D eigenvalue weighted by Crippen LogP contribution is 2.40. The maximum Gasteiger partial charge on any atom is 0.319 e. The van der Waals surface area contributed by atoms with Crippen molar-refractivity contribution in [2.24, 2.45) is 0 Å². The van der Waals surface area contributed by atoms with E-state index in [-0.39, 0.29) is 28.6 Å². The maximum atomic E-state index is 16.1. The minimum absolute atomic E-state index is 0.0350.